The zero-order valence-corrected chi connectivity index (χ0v) is 11.5. The molecule has 1 aromatic carbocycles. The highest BCUT2D eigenvalue weighted by Crippen LogP contribution is 2.21. The van der Waals surface area contributed by atoms with E-state index in [0.717, 1.165) is 11.3 Å². The Morgan fingerprint density at radius 2 is 2.20 bits per heavy atom. The molecule has 0 aliphatic heterocycles. The highest BCUT2D eigenvalue weighted by molar-refractivity contribution is 6.33. The van der Waals surface area contributed by atoms with Crippen molar-refractivity contribution in [3.05, 3.63) is 52.7 Å². The minimum atomic E-state index is -1.04. The molecule has 0 bridgehead atoms. The first-order valence-electron chi connectivity index (χ1n) is 5.86. The molecule has 0 unspecified atom stereocenters. The quantitative estimate of drug-likeness (QED) is 0.886. The number of hydrogen-bond donors (Lipinski definition) is 2. The summed E-state index contributed by atoms with van der Waals surface area (Å²) in [5, 5.41) is 12.3. The van der Waals surface area contributed by atoms with Crippen LogP contribution in [0.1, 0.15) is 15.9 Å². The van der Waals surface area contributed by atoms with Gasteiger partial charge in [-0.15, -0.1) is 0 Å². The van der Waals surface area contributed by atoms with Crippen LogP contribution in [0.4, 0.5) is 5.69 Å². The predicted molar refractivity (Wildman–Crippen MR) is 76.5 cm³/mol. The summed E-state index contributed by atoms with van der Waals surface area (Å²) in [5.74, 6) is -0.496. The fourth-order valence-corrected chi connectivity index (χ4v) is 1.94. The van der Waals surface area contributed by atoms with E-state index < -0.39 is 5.97 Å². The van der Waals surface area contributed by atoms with E-state index in [-0.39, 0.29) is 10.6 Å². The van der Waals surface area contributed by atoms with Gasteiger partial charge in [0.1, 0.15) is 0 Å². The van der Waals surface area contributed by atoms with Crippen molar-refractivity contribution >= 4 is 23.3 Å². The lowest BCUT2D eigenvalue weighted by molar-refractivity contribution is 0.0697. The lowest BCUT2D eigenvalue weighted by atomic mass is 10.2. The van der Waals surface area contributed by atoms with Crippen LogP contribution in [0.3, 0.4) is 0 Å². The number of nitrogens with one attached hydrogen (secondary N) is 1. The zero-order chi connectivity index (χ0) is 14.5. The standard InChI is InChI=1S/C14H13ClN2O3/c1-20-13-6-9(4-5-16-13)8-17-10-2-3-11(14(18)19)12(15)7-10/h2-7,17H,8H2,1H3,(H,18,19). The van der Waals surface area contributed by atoms with Gasteiger partial charge in [0.25, 0.3) is 0 Å². The number of ether oxygens (including phenoxy) is 1. The molecule has 5 nitrogen and oxygen atoms in total. The first-order chi connectivity index (χ1) is 9.60. The van der Waals surface area contributed by atoms with Crippen molar-refractivity contribution in [1.82, 2.24) is 4.98 Å². The van der Waals surface area contributed by atoms with Gasteiger partial charge in [0.05, 0.1) is 17.7 Å². The van der Waals surface area contributed by atoms with E-state index in [0.29, 0.717) is 12.4 Å². The number of pyridine rings is 1. The maximum absolute atomic E-state index is 10.9. The number of aromatic nitrogens is 1. The van der Waals surface area contributed by atoms with Crippen molar-refractivity contribution in [2.45, 2.75) is 6.54 Å². The third-order valence-corrected chi connectivity index (χ3v) is 3.02. The Morgan fingerprint density at radius 1 is 1.40 bits per heavy atom. The molecular formula is C14H13ClN2O3. The van der Waals surface area contributed by atoms with Gasteiger partial charge in [-0.3, -0.25) is 0 Å². The van der Waals surface area contributed by atoms with E-state index in [9.17, 15) is 4.79 Å². The van der Waals surface area contributed by atoms with Crippen molar-refractivity contribution < 1.29 is 14.6 Å². The van der Waals surface area contributed by atoms with Crippen LogP contribution in [-0.2, 0) is 6.54 Å². The van der Waals surface area contributed by atoms with Crippen molar-refractivity contribution in [3.8, 4) is 5.88 Å². The summed E-state index contributed by atoms with van der Waals surface area (Å²) < 4.78 is 5.04. The smallest absolute Gasteiger partial charge is 0.337 e. The van der Waals surface area contributed by atoms with Crippen LogP contribution in [0.5, 0.6) is 5.88 Å². The Bertz CT molecular complexity index is 632. The highest BCUT2D eigenvalue weighted by Gasteiger charge is 2.08. The lowest BCUT2D eigenvalue weighted by Crippen LogP contribution is -2.02. The first-order valence-corrected chi connectivity index (χ1v) is 6.23. The SMILES string of the molecule is COc1cc(CNc2ccc(C(=O)O)c(Cl)c2)ccn1. The summed E-state index contributed by atoms with van der Waals surface area (Å²) in [4.78, 5) is 14.9. The molecule has 1 heterocycles. The van der Waals surface area contributed by atoms with Crippen LogP contribution in [0.2, 0.25) is 5.02 Å². The summed E-state index contributed by atoms with van der Waals surface area (Å²) in [7, 11) is 1.56. The number of carboxylic acids is 1. The molecule has 0 aliphatic carbocycles. The topological polar surface area (TPSA) is 71.5 Å². The van der Waals surface area contributed by atoms with Crippen LogP contribution in [0.25, 0.3) is 0 Å². The summed E-state index contributed by atoms with van der Waals surface area (Å²) in [6.07, 6.45) is 1.66. The van der Waals surface area contributed by atoms with Crippen LogP contribution < -0.4 is 10.1 Å². The van der Waals surface area contributed by atoms with E-state index in [1.165, 1.54) is 6.07 Å². The number of nitrogens with zero attached hydrogens (tertiary/aromatic N) is 1. The van der Waals surface area contributed by atoms with Crippen LogP contribution >= 0.6 is 11.6 Å². The number of rotatable bonds is 5. The maximum Gasteiger partial charge on any atom is 0.337 e. The van der Waals surface area contributed by atoms with Crippen molar-refractivity contribution in [1.29, 1.82) is 0 Å². The highest BCUT2D eigenvalue weighted by atomic mass is 35.5. The monoisotopic (exact) mass is 292 g/mol. The van der Waals surface area contributed by atoms with Crippen LogP contribution in [0, 0.1) is 0 Å². The Kier molecular flexibility index (Phi) is 4.42. The Labute approximate surface area is 121 Å². The van der Waals surface area contributed by atoms with Gasteiger partial charge in [0.15, 0.2) is 0 Å². The lowest BCUT2D eigenvalue weighted by Gasteiger charge is -2.08. The van der Waals surface area contributed by atoms with Gasteiger partial charge < -0.3 is 15.2 Å². The number of carboxylic acid groups (broad SMARTS) is 1. The summed E-state index contributed by atoms with van der Waals surface area (Å²) in [5.41, 5.74) is 1.83. The fraction of sp³-hybridized carbons (Fsp3) is 0.143. The second kappa shape index (κ2) is 6.25. The number of hydrogen-bond acceptors (Lipinski definition) is 4. The number of carbonyl (C=O) groups is 1. The molecule has 1 aromatic heterocycles. The average Bonchev–Trinajstić information content (AvgIpc) is 2.45. The minimum absolute atomic E-state index is 0.0859. The predicted octanol–water partition coefficient (Wildman–Crippen LogP) is 3.05. The molecule has 0 saturated heterocycles. The van der Waals surface area contributed by atoms with E-state index in [1.807, 2.05) is 12.1 Å². The molecule has 0 aliphatic rings. The molecular weight excluding hydrogens is 280 g/mol. The molecule has 2 aromatic rings. The summed E-state index contributed by atoms with van der Waals surface area (Å²) in [6.45, 7) is 0.557. The molecule has 104 valence electrons. The third-order valence-electron chi connectivity index (χ3n) is 2.70. The molecule has 2 rings (SSSR count). The molecule has 0 amide bonds. The van der Waals surface area contributed by atoms with Crippen molar-refractivity contribution in [2.24, 2.45) is 0 Å². The average molecular weight is 293 g/mol. The van der Waals surface area contributed by atoms with Gasteiger partial charge in [-0.1, -0.05) is 11.6 Å². The number of anilines is 1. The molecule has 0 spiro atoms. The van der Waals surface area contributed by atoms with Crippen LogP contribution in [-0.4, -0.2) is 23.2 Å². The van der Waals surface area contributed by atoms with E-state index >= 15 is 0 Å². The van der Waals surface area contributed by atoms with Crippen molar-refractivity contribution in [3.63, 3.8) is 0 Å². The molecule has 20 heavy (non-hydrogen) atoms. The molecule has 0 atom stereocenters. The molecule has 6 heteroatoms. The van der Waals surface area contributed by atoms with Gasteiger partial charge >= 0.3 is 5.97 Å². The molecule has 2 N–H and O–H groups in total. The second-order valence-corrected chi connectivity index (χ2v) is 4.47. The number of halogens is 1. The largest absolute Gasteiger partial charge is 0.481 e. The summed E-state index contributed by atoms with van der Waals surface area (Å²) in [6, 6.07) is 8.42. The maximum atomic E-state index is 10.9. The van der Waals surface area contributed by atoms with Gasteiger partial charge in [0, 0.05) is 24.5 Å². The van der Waals surface area contributed by atoms with E-state index in [1.54, 1.807) is 25.4 Å². The molecule has 0 fully saturated rings. The van der Waals surface area contributed by atoms with Gasteiger partial charge in [0.2, 0.25) is 5.88 Å². The zero-order valence-electron chi connectivity index (χ0n) is 10.8. The van der Waals surface area contributed by atoms with E-state index in [4.69, 9.17) is 21.4 Å². The third kappa shape index (κ3) is 3.39. The van der Waals surface area contributed by atoms with Gasteiger partial charge in [-0.2, -0.15) is 0 Å². The normalized spacial score (nSPS) is 10.1. The number of benzene rings is 1. The van der Waals surface area contributed by atoms with Crippen molar-refractivity contribution in [2.75, 3.05) is 12.4 Å². The van der Waals surface area contributed by atoms with Crippen LogP contribution in [0.15, 0.2) is 36.5 Å². The van der Waals surface area contributed by atoms with Gasteiger partial charge in [-0.05, 0) is 29.8 Å². The Balaban J connectivity index is 2.07. The number of aromatic carboxylic acids is 1. The van der Waals surface area contributed by atoms with Gasteiger partial charge in [-0.25, -0.2) is 9.78 Å². The second-order valence-electron chi connectivity index (χ2n) is 4.06. The Hall–Kier alpha value is -2.27. The summed E-state index contributed by atoms with van der Waals surface area (Å²) >= 11 is 5.90. The van der Waals surface area contributed by atoms with E-state index in [2.05, 4.69) is 10.3 Å². The number of methoxy groups -OCH3 is 1. The Morgan fingerprint density at radius 3 is 2.85 bits per heavy atom. The fourth-order valence-electron chi connectivity index (χ4n) is 1.67. The molecule has 0 radical (unpaired) electrons. The molecule has 0 saturated carbocycles. The minimum Gasteiger partial charge on any atom is -0.481 e. The first kappa shape index (κ1) is 14.1.